The number of hydrogen-bond acceptors (Lipinski definition) is 17. The number of carbonyl (C=O) groups excluding carboxylic acids is 1. The van der Waals surface area contributed by atoms with Crippen molar-refractivity contribution in [3.8, 4) is 23.0 Å². The minimum Gasteiger partial charge on any atom is -0.495 e. The Hall–Kier alpha value is -6.61. The normalized spacial score (nSPS) is 13.6. The number of piperazine rings is 2. The maximum Gasteiger partial charge on any atom is 0.327 e. The lowest BCUT2D eigenvalue weighted by Crippen LogP contribution is -2.46. The zero-order valence-corrected chi connectivity index (χ0v) is 45.8. The first-order valence-corrected chi connectivity index (χ1v) is 25.3. The summed E-state index contributed by atoms with van der Waals surface area (Å²) in [4.78, 5) is 41.0. The number of urea groups is 1. The zero-order chi connectivity index (χ0) is 53.3. The van der Waals surface area contributed by atoms with Crippen LogP contribution in [0.15, 0.2) is 85.5 Å². The Balaban J connectivity index is 0.000000208. The van der Waals surface area contributed by atoms with Crippen LogP contribution in [0.1, 0.15) is 13.8 Å². The van der Waals surface area contributed by atoms with Crippen molar-refractivity contribution in [3.63, 3.8) is 0 Å². The average molecular weight is 1090 g/mol. The maximum atomic E-state index is 13.0. The number of nitrogens with two attached hydrogens (primary N) is 1. The highest BCUT2D eigenvalue weighted by Gasteiger charge is 2.23. The second-order valence-corrected chi connectivity index (χ2v) is 18.1. The second-order valence-electron chi connectivity index (χ2n) is 16.6. The number of anilines is 10. The Kier molecular flexibility index (Phi) is 21.2. The van der Waals surface area contributed by atoms with Crippen molar-refractivity contribution in [2.75, 3.05) is 150 Å². The zero-order valence-electron chi connectivity index (χ0n) is 42.8. The topological polar surface area (TPSA) is 196 Å². The first kappa shape index (κ1) is 56.7. The van der Waals surface area contributed by atoms with Crippen LogP contribution in [0.2, 0.25) is 20.1 Å². The van der Waals surface area contributed by atoms with Gasteiger partial charge in [0, 0.05) is 113 Å². The number of likely N-dealkylation sites (N-methyl/N-ethyl adjacent to an activating group) is 2. The van der Waals surface area contributed by atoms with E-state index in [1.807, 2.05) is 25.2 Å². The molecule has 2 aliphatic rings. The summed E-state index contributed by atoms with van der Waals surface area (Å²) in [6.45, 7) is 15.3. The number of aromatic nitrogens is 4. The SMILES string of the molecule is CCN1CCN(c2ccc(Nc3cc(N(C)C(=O)Nc4c(Cl)c(OC)cc(OC)c4Cl)ncn3)cc2)CC1.CCN1CCN(c2ccc(Nc3cc(NC)ncn3)cc2)CC1.COc1cc(OC)c(Cl)c(N)c1Cl. The van der Waals surface area contributed by atoms with Crippen LogP contribution in [0.4, 0.5) is 62.2 Å². The smallest absolute Gasteiger partial charge is 0.327 e. The fraction of sp³-hybridized carbons (Fsp3) is 0.353. The van der Waals surface area contributed by atoms with Gasteiger partial charge in [-0.25, -0.2) is 24.7 Å². The van der Waals surface area contributed by atoms with Gasteiger partial charge in [-0.15, -0.1) is 0 Å². The molecule has 74 heavy (non-hydrogen) atoms. The number of rotatable bonds is 15. The van der Waals surface area contributed by atoms with E-state index in [1.165, 1.54) is 51.0 Å². The van der Waals surface area contributed by atoms with Gasteiger partial charge in [-0.3, -0.25) is 4.90 Å². The average Bonchev–Trinajstić information content (AvgIpc) is 3.44. The molecule has 19 nitrogen and oxygen atoms in total. The standard InChI is InChI=1S/C26H31Cl2N7O3.C17H24N6.C8H9Cl2NO2/c1-5-34-10-12-35(13-11-34)18-8-6-17(7-9-18)31-21-15-22(30-16-29-21)33(2)26(36)32-25-23(27)19(37-3)14-20(38-4)24(25)28;1-3-22-8-10-23(11-9-22)15-6-4-14(5-7-15)21-17-12-16(18-2)19-13-20-17;1-12-4-3-5(13-2)7(10)8(11)6(4)9/h6-9,14-16H,5,10-13H2,1-4H3,(H,32,36)(H,29,30,31);4-7,12-13H,3,8-11H2,1-2H3,(H2,18,19,20,21);3H,11H2,1-2H3. The summed E-state index contributed by atoms with van der Waals surface area (Å²) in [5.74, 6) is 4.01. The van der Waals surface area contributed by atoms with Crippen molar-refractivity contribution >= 4 is 110 Å². The summed E-state index contributed by atoms with van der Waals surface area (Å²) >= 11 is 24.5. The fourth-order valence-electron chi connectivity index (χ4n) is 7.81. The lowest BCUT2D eigenvalue weighted by molar-refractivity contribution is 0.258. The van der Waals surface area contributed by atoms with Gasteiger partial charge in [0.2, 0.25) is 0 Å². The van der Waals surface area contributed by atoms with E-state index in [0.717, 1.165) is 88.5 Å². The van der Waals surface area contributed by atoms with Crippen molar-refractivity contribution in [2.24, 2.45) is 0 Å². The quantitative estimate of drug-likeness (QED) is 0.0609. The van der Waals surface area contributed by atoms with Crippen molar-refractivity contribution < 1.29 is 23.7 Å². The molecule has 6 N–H and O–H groups in total. The minimum atomic E-state index is -0.513. The van der Waals surface area contributed by atoms with Crippen LogP contribution >= 0.6 is 46.4 Å². The first-order chi connectivity index (χ1) is 35.7. The van der Waals surface area contributed by atoms with Crippen LogP contribution in [-0.4, -0.2) is 144 Å². The van der Waals surface area contributed by atoms with Crippen molar-refractivity contribution in [1.29, 1.82) is 0 Å². The molecule has 0 bridgehead atoms. The van der Waals surface area contributed by atoms with E-state index in [4.69, 9.17) is 71.1 Å². The van der Waals surface area contributed by atoms with Crippen molar-refractivity contribution in [2.45, 2.75) is 13.8 Å². The number of halogens is 4. The summed E-state index contributed by atoms with van der Waals surface area (Å²) in [5.41, 5.74) is 10.4. The Bertz CT molecular complexity index is 2710. The maximum absolute atomic E-state index is 13.0. The van der Waals surface area contributed by atoms with Gasteiger partial charge in [0.25, 0.3) is 0 Å². The van der Waals surface area contributed by atoms with Crippen LogP contribution in [0.25, 0.3) is 0 Å². The lowest BCUT2D eigenvalue weighted by atomic mass is 10.2. The molecule has 0 saturated carbocycles. The molecule has 0 unspecified atom stereocenters. The number of hydrogen-bond donors (Lipinski definition) is 5. The van der Waals surface area contributed by atoms with E-state index in [0.29, 0.717) is 44.7 Å². The fourth-order valence-corrected chi connectivity index (χ4v) is 8.90. The highest BCUT2D eigenvalue weighted by atomic mass is 35.5. The lowest BCUT2D eigenvalue weighted by Gasteiger charge is -2.35. The van der Waals surface area contributed by atoms with Crippen LogP contribution < -0.4 is 60.6 Å². The molecule has 23 heteroatoms. The minimum absolute atomic E-state index is 0.154. The van der Waals surface area contributed by atoms with Gasteiger partial charge in [0.15, 0.2) is 0 Å². The molecule has 2 aromatic heterocycles. The number of nitrogens with zero attached hydrogens (tertiary/aromatic N) is 9. The van der Waals surface area contributed by atoms with E-state index in [1.54, 1.807) is 31.6 Å². The van der Waals surface area contributed by atoms with Gasteiger partial charge in [-0.2, -0.15) is 0 Å². The molecule has 8 rings (SSSR count). The van der Waals surface area contributed by atoms with E-state index in [2.05, 4.69) is 111 Å². The third kappa shape index (κ3) is 14.8. The molecular weight excluding hydrogens is 1030 g/mol. The first-order valence-electron chi connectivity index (χ1n) is 23.7. The molecule has 0 aliphatic carbocycles. The molecule has 0 spiro atoms. The Morgan fingerprint density at radius 3 is 1.38 bits per heavy atom. The van der Waals surface area contributed by atoms with Crippen LogP contribution in [0.3, 0.4) is 0 Å². The number of carbonyl (C=O) groups is 1. The van der Waals surface area contributed by atoms with Gasteiger partial charge in [0.1, 0.15) is 79.0 Å². The third-order valence-electron chi connectivity index (χ3n) is 12.3. The molecular formula is C51H64Cl4N14O5. The predicted octanol–water partition coefficient (Wildman–Crippen LogP) is 10.4. The number of benzene rings is 4. The number of ether oxygens (including phenoxy) is 4. The molecule has 4 aromatic carbocycles. The Morgan fingerprint density at radius 2 is 0.973 bits per heavy atom. The van der Waals surface area contributed by atoms with Crippen LogP contribution in [-0.2, 0) is 0 Å². The molecule has 2 saturated heterocycles. The number of methoxy groups -OCH3 is 4. The molecule has 0 radical (unpaired) electrons. The molecule has 396 valence electrons. The Morgan fingerprint density at radius 1 is 0.581 bits per heavy atom. The largest absolute Gasteiger partial charge is 0.495 e. The summed E-state index contributed by atoms with van der Waals surface area (Å²) < 4.78 is 20.5. The third-order valence-corrected chi connectivity index (χ3v) is 13.8. The van der Waals surface area contributed by atoms with Crippen LogP contribution in [0, 0.1) is 0 Å². The van der Waals surface area contributed by atoms with E-state index in [9.17, 15) is 4.79 Å². The van der Waals surface area contributed by atoms with E-state index >= 15 is 0 Å². The Labute approximate surface area is 453 Å². The number of amides is 2. The highest BCUT2D eigenvalue weighted by molar-refractivity contribution is 6.42. The summed E-state index contributed by atoms with van der Waals surface area (Å²) in [7, 11) is 9.33. The summed E-state index contributed by atoms with van der Waals surface area (Å²) in [6.07, 6.45) is 2.94. The van der Waals surface area contributed by atoms with Gasteiger partial charge >= 0.3 is 6.03 Å². The van der Waals surface area contributed by atoms with Gasteiger partial charge < -0.3 is 65.5 Å². The predicted molar refractivity (Wildman–Crippen MR) is 303 cm³/mol. The van der Waals surface area contributed by atoms with Crippen molar-refractivity contribution in [3.05, 3.63) is 106 Å². The second kappa shape index (κ2) is 27.6. The van der Waals surface area contributed by atoms with Crippen LogP contribution in [0.5, 0.6) is 23.0 Å². The molecule has 6 aromatic rings. The number of nitrogens with one attached hydrogen (secondary N) is 4. The van der Waals surface area contributed by atoms with Gasteiger partial charge in [-0.1, -0.05) is 60.3 Å². The molecule has 2 aliphatic heterocycles. The monoisotopic (exact) mass is 1090 g/mol. The summed E-state index contributed by atoms with van der Waals surface area (Å²) in [6, 6.07) is 22.9. The van der Waals surface area contributed by atoms with Gasteiger partial charge in [0.05, 0.1) is 39.8 Å². The van der Waals surface area contributed by atoms with E-state index < -0.39 is 6.03 Å². The van der Waals surface area contributed by atoms with Gasteiger partial charge in [-0.05, 0) is 61.6 Å². The molecule has 4 heterocycles. The number of nitrogen functional groups attached to an aromatic ring is 1. The summed E-state index contributed by atoms with van der Waals surface area (Å²) in [5, 5.41) is 13.2. The molecule has 2 amide bonds. The molecule has 2 fully saturated rings. The highest BCUT2D eigenvalue weighted by Crippen LogP contribution is 2.45. The van der Waals surface area contributed by atoms with E-state index in [-0.39, 0.29) is 21.4 Å². The molecule has 0 atom stereocenters. The van der Waals surface area contributed by atoms with Crippen molar-refractivity contribution in [1.82, 2.24) is 29.7 Å².